The van der Waals surface area contributed by atoms with Crippen molar-refractivity contribution >= 4 is 6.03 Å². The van der Waals surface area contributed by atoms with Crippen LogP contribution in [0.3, 0.4) is 0 Å². The molecule has 0 bridgehead atoms. The number of urea groups is 1. The molecule has 0 saturated carbocycles. The van der Waals surface area contributed by atoms with Crippen molar-refractivity contribution in [3.63, 3.8) is 0 Å². The van der Waals surface area contributed by atoms with Crippen molar-refractivity contribution in [1.82, 2.24) is 20.0 Å². The van der Waals surface area contributed by atoms with Gasteiger partial charge in [-0.25, -0.2) is 4.79 Å². The van der Waals surface area contributed by atoms with E-state index in [0.29, 0.717) is 39.1 Å². The van der Waals surface area contributed by atoms with Crippen LogP contribution in [0, 0.1) is 0 Å². The van der Waals surface area contributed by atoms with E-state index in [9.17, 15) is 18.0 Å². The van der Waals surface area contributed by atoms with Gasteiger partial charge in [-0.1, -0.05) is 0 Å². The Morgan fingerprint density at radius 2 is 2.04 bits per heavy atom. The van der Waals surface area contributed by atoms with E-state index in [-0.39, 0.29) is 18.1 Å². The summed E-state index contributed by atoms with van der Waals surface area (Å²) in [5.74, 6) is 0. The van der Waals surface area contributed by atoms with Crippen LogP contribution in [0.2, 0.25) is 0 Å². The lowest BCUT2D eigenvalue weighted by molar-refractivity contribution is -0.141. The van der Waals surface area contributed by atoms with Crippen molar-refractivity contribution in [3.8, 4) is 0 Å². The molecule has 1 aromatic heterocycles. The number of alkyl halides is 3. The molecule has 9 heteroatoms. The van der Waals surface area contributed by atoms with E-state index in [1.165, 1.54) is 10.9 Å². The Bertz CT molecular complexity index is 546. The van der Waals surface area contributed by atoms with Crippen LogP contribution >= 0.6 is 0 Å². The van der Waals surface area contributed by atoms with Gasteiger partial charge in [-0.15, -0.1) is 0 Å². The number of piperidine rings is 1. The Hall–Kier alpha value is -1.77. The summed E-state index contributed by atoms with van der Waals surface area (Å²) in [6.45, 7) is 2.21. The average molecular weight is 332 g/mol. The van der Waals surface area contributed by atoms with Crippen molar-refractivity contribution in [1.29, 1.82) is 0 Å². The highest BCUT2D eigenvalue weighted by Crippen LogP contribution is 2.29. The number of ether oxygens (including phenoxy) is 1. The number of rotatable bonds is 2. The quantitative estimate of drug-likeness (QED) is 0.902. The molecular weight excluding hydrogens is 313 g/mol. The van der Waals surface area contributed by atoms with Gasteiger partial charge in [0.2, 0.25) is 0 Å². The molecule has 0 radical (unpaired) electrons. The van der Waals surface area contributed by atoms with Gasteiger partial charge in [0, 0.05) is 25.9 Å². The molecule has 0 aromatic carbocycles. The van der Waals surface area contributed by atoms with E-state index in [0.717, 1.165) is 12.5 Å². The molecule has 128 valence electrons. The predicted molar refractivity (Wildman–Crippen MR) is 74.8 cm³/mol. The third-order valence-corrected chi connectivity index (χ3v) is 4.28. The molecule has 2 aliphatic rings. The van der Waals surface area contributed by atoms with Gasteiger partial charge in [0.25, 0.3) is 0 Å². The smallest absolute Gasteiger partial charge is 0.379 e. The SMILES string of the molecule is O=C(NC1CCOC1)N1CCC(n2ccc(C(F)(F)F)n2)CC1. The molecular formula is C14H19F3N4O2. The van der Waals surface area contributed by atoms with E-state index in [1.807, 2.05) is 0 Å². The zero-order valence-corrected chi connectivity index (χ0v) is 12.6. The fourth-order valence-corrected chi connectivity index (χ4v) is 2.94. The number of likely N-dealkylation sites (tertiary alicyclic amines) is 1. The third-order valence-electron chi connectivity index (χ3n) is 4.28. The van der Waals surface area contributed by atoms with E-state index in [1.54, 1.807) is 4.90 Å². The second-order valence-electron chi connectivity index (χ2n) is 5.91. The second kappa shape index (κ2) is 6.38. The molecule has 0 spiro atoms. The first-order valence-corrected chi connectivity index (χ1v) is 7.69. The Labute approximate surface area is 131 Å². The maximum Gasteiger partial charge on any atom is 0.435 e. The molecule has 1 atom stereocenters. The van der Waals surface area contributed by atoms with Gasteiger partial charge in [-0.05, 0) is 25.3 Å². The van der Waals surface area contributed by atoms with Crippen molar-refractivity contribution in [2.24, 2.45) is 0 Å². The molecule has 23 heavy (non-hydrogen) atoms. The van der Waals surface area contributed by atoms with Gasteiger partial charge in [0.1, 0.15) is 0 Å². The van der Waals surface area contributed by atoms with Crippen LogP contribution < -0.4 is 5.32 Å². The number of amides is 2. The summed E-state index contributed by atoms with van der Waals surface area (Å²) < 4.78 is 44.3. The van der Waals surface area contributed by atoms with Gasteiger partial charge in [-0.3, -0.25) is 4.68 Å². The first kappa shape index (κ1) is 16.1. The molecule has 1 unspecified atom stereocenters. The molecule has 1 aromatic rings. The fraction of sp³-hybridized carbons (Fsp3) is 0.714. The minimum atomic E-state index is -4.42. The summed E-state index contributed by atoms with van der Waals surface area (Å²) in [6, 6.07) is 0.806. The van der Waals surface area contributed by atoms with E-state index in [4.69, 9.17) is 4.74 Å². The fourth-order valence-electron chi connectivity index (χ4n) is 2.94. The summed E-state index contributed by atoms with van der Waals surface area (Å²) >= 11 is 0. The zero-order chi connectivity index (χ0) is 16.4. The minimum Gasteiger partial charge on any atom is -0.379 e. The minimum absolute atomic E-state index is 0.0562. The molecule has 1 N–H and O–H groups in total. The average Bonchev–Trinajstić information content (AvgIpc) is 3.18. The Balaban J connectivity index is 1.51. The number of nitrogens with zero attached hydrogens (tertiary/aromatic N) is 3. The first-order valence-electron chi connectivity index (χ1n) is 7.69. The number of aromatic nitrogens is 2. The normalized spacial score (nSPS) is 23.3. The molecule has 2 saturated heterocycles. The van der Waals surface area contributed by atoms with Gasteiger partial charge in [-0.2, -0.15) is 18.3 Å². The molecule has 3 rings (SSSR count). The maximum atomic E-state index is 12.6. The number of hydrogen-bond donors (Lipinski definition) is 1. The largest absolute Gasteiger partial charge is 0.435 e. The molecule has 6 nitrogen and oxygen atoms in total. The van der Waals surface area contributed by atoms with Crippen molar-refractivity contribution < 1.29 is 22.7 Å². The molecule has 2 amide bonds. The van der Waals surface area contributed by atoms with Gasteiger partial charge in [0.15, 0.2) is 5.69 Å². The van der Waals surface area contributed by atoms with Crippen LogP contribution in [0.15, 0.2) is 12.3 Å². The van der Waals surface area contributed by atoms with Crippen LogP contribution in [0.1, 0.15) is 31.0 Å². The first-order chi connectivity index (χ1) is 10.9. The lowest BCUT2D eigenvalue weighted by Gasteiger charge is -2.32. The number of carbonyl (C=O) groups excluding carboxylic acids is 1. The molecule has 0 aliphatic carbocycles. The van der Waals surface area contributed by atoms with E-state index in [2.05, 4.69) is 10.4 Å². The van der Waals surface area contributed by atoms with Gasteiger partial charge >= 0.3 is 12.2 Å². The number of carbonyl (C=O) groups is 1. The van der Waals surface area contributed by atoms with Crippen LogP contribution in [0.4, 0.5) is 18.0 Å². The predicted octanol–water partition coefficient (Wildman–Crippen LogP) is 2.04. The van der Waals surface area contributed by atoms with E-state index < -0.39 is 11.9 Å². The Morgan fingerprint density at radius 1 is 1.30 bits per heavy atom. The molecule has 3 heterocycles. The van der Waals surface area contributed by atoms with Crippen molar-refractivity contribution in [2.45, 2.75) is 37.5 Å². The second-order valence-corrected chi connectivity index (χ2v) is 5.91. The molecule has 2 fully saturated rings. The Kier molecular flexibility index (Phi) is 4.47. The van der Waals surface area contributed by atoms with Crippen LogP contribution in [-0.4, -0.2) is 53.1 Å². The van der Waals surface area contributed by atoms with Gasteiger partial charge < -0.3 is 15.0 Å². The highest BCUT2D eigenvalue weighted by molar-refractivity contribution is 5.74. The highest BCUT2D eigenvalue weighted by Gasteiger charge is 2.34. The summed E-state index contributed by atoms with van der Waals surface area (Å²) in [5, 5.41) is 6.53. The maximum absolute atomic E-state index is 12.6. The molecule has 2 aliphatic heterocycles. The van der Waals surface area contributed by atoms with Crippen molar-refractivity contribution in [2.75, 3.05) is 26.3 Å². The third kappa shape index (κ3) is 3.77. The van der Waals surface area contributed by atoms with Crippen LogP contribution in [0.5, 0.6) is 0 Å². The highest BCUT2D eigenvalue weighted by atomic mass is 19.4. The van der Waals surface area contributed by atoms with E-state index >= 15 is 0 Å². The lowest BCUT2D eigenvalue weighted by Crippen LogP contribution is -2.48. The summed E-state index contributed by atoms with van der Waals surface area (Å²) in [6.07, 6.45) is -1.06. The number of hydrogen-bond acceptors (Lipinski definition) is 3. The van der Waals surface area contributed by atoms with Crippen LogP contribution in [-0.2, 0) is 10.9 Å². The van der Waals surface area contributed by atoms with Crippen LogP contribution in [0.25, 0.3) is 0 Å². The summed E-state index contributed by atoms with van der Waals surface area (Å²) in [7, 11) is 0. The number of nitrogens with one attached hydrogen (secondary N) is 1. The monoisotopic (exact) mass is 332 g/mol. The summed E-state index contributed by atoms with van der Waals surface area (Å²) in [4.78, 5) is 13.8. The van der Waals surface area contributed by atoms with Gasteiger partial charge in [0.05, 0.1) is 18.7 Å². The standard InChI is InChI=1S/C14H19F3N4O2/c15-14(16,17)12-3-7-21(19-12)11-1-5-20(6-2-11)13(22)18-10-4-8-23-9-10/h3,7,10-11H,1-2,4-6,8-9H2,(H,18,22). The van der Waals surface area contributed by atoms with Crippen molar-refractivity contribution in [3.05, 3.63) is 18.0 Å². The zero-order valence-electron chi connectivity index (χ0n) is 12.6. The summed E-state index contributed by atoms with van der Waals surface area (Å²) in [5.41, 5.74) is -0.876. The number of halogens is 3. The lowest BCUT2D eigenvalue weighted by atomic mass is 10.1. The Morgan fingerprint density at radius 3 is 2.61 bits per heavy atom. The topological polar surface area (TPSA) is 59.4 Å².